The minimum Gasteiger partial charge on any atom is -0.461 e. The van der Waals surface area contributed by atoms with Gasteiger partial charge in [0.05, 0.1) is 24.2 Å². The van der Waals surface area contributed by atoms with E-state index >= 15 is 0 Å². The molecule has 0 spiro atoms. The number of carbonyl (C=O) groups excluding carboxylic acids is 1. The van der Waals surface area contributed by atoms with Gasteiger partial charge in [0.2, 0.25) is 0 Å². The lowest BCUT2D eigenvalue weighted by atomic mass is 9.56. The Morgan fingerprint density at radius 1 is 1.14 bits per heavy atom. The third kappa shape index (κ3) is 3.34. The highest BCUT2D eigenvalue weighted by atomic mass is 16.5. The molecule has 0 N–H and O–H groups in total. The van der Waals surface area contributed by atoms with E-state index in [1.807, 2.05) is 36.0 Å². The number of fused-ring (bicyclic) bond motifs is 4. The lowest BCUT2D eigenvalue weighted by Gasteiger charge is -2.47. The molecule has 0 fully saturated rings. The van der Waals surface area contributed by atoms with Crippen molar-refractivity contribution < 1.29 is 14.1 Å². The van der Waals surface area contributed by atoms with Crippen molar-refractivity contribution in [2.45, 2.75) is 51.4 Å². The molecule has 0 aliphatic heterocycles. The Morgan fingerprint density at radius 3 is 2.63 bits per heavy atom. The van der Waals surface area contributed by atoms with Crippen molar-refractivity contribution in [2.24, 2.45) is 5.92 Å². The van der Waals surface area contributed by atoms with E-state index in [9.17, 15) is 4.79 Å². The molecule has 6 heteroatoms. The Bertz CT molecular complexity index is 1390. The topological polar surface area (TPSA) is 70.2 Å². The molecule has 0 amide bonds. The molecular formula is C29H29N3O3. The number of hydrogen-bond donors (Lipinski definition) is 0. The van der Waals surface area contributed by atoms with Crippen molar-refractivity contribution >= 4 is 5.97 Å². The summed E-state index contributed by atoms with van der Waals surface area (Å²) in [5.41, 5.74) is 6.77. The van der Waals surface area contributed by atoms with Crippen LogP contribution in [0.25, 0.3) is 16.8 Å². The Morgan fingerprint density at radius 2 is 1.89 bits per heavy atom. The average Bonchev–Trinajstić information content (AvgIpc) is 3.50. The molecule has 2 aliphatic carbocycles. The van der Waals surface area contributed by atoms with Crippen LogP contribution in [0.2, 0.25) is 0 Å². The van der Waals surface area contributed by atoms with E-state index in [1.165, 1.54) is 5.56 Å². The van der Waals surface area contributed by atoms with Crippen LogP contribution < -0.4 is 0 Å². The molecule has 0 bridgehead atoms. The summed E-state index contributed by atoms with van der Waals surface area (Å²) in [5, 5.41) is 9.00. The largest absolute Gasteiger partial charge is 0.461 e. The smallest absolute Gasteiger partial charge is 0.359 e. The van der Waals surface area contributed by atoms with E-state index in [0.29, 0.717) is 18.2 Å². The molecule has 2 aliphatic rings. The summed E-state index contributed by atoms with van der Waals surface area (Å²) in [6.07, 6.45) is 4.42. The second kappa shape index (κ2) is 8.22. The Labute approximate surface area is 204 Å². The van der Waals surface area contributed by atoms with Crippen LogP contribution in [0.1, 0.15) is 66.2 Å². The van der Waals surface area contributed by atoms with Crippen molar-refractivity contribution in [2.75, 3.05) is 6.61 Å². The second-order valence-electron chi connectivity index (χ2n) is 9.96. The predicted octanol–water partition coefficient (Wildman–Crippen LogP) is 5.88. The van der Waals surface area contributed by atoms with Crippen molar-refractivity contribution in [3.05, 3.63) is 89.1 Å². The van der Waals surface area contributed by atoms with Crippen molar-refractivity contribution in [3.8, 4) is 16.8 Å². The van der Waals surface area contributed by atoms with E-state index in [2.05, 4.69) is 55.4 Å². The van der Waals surface area contributed by atoms with Gasteiger partial charge >= 0.3 is 5.97 Å². The standard InChI is InChI=1S/C29H29N3O3/c1-4-34-28(33)25-23-14-15-24-18(2)26-21(17-30-35-26)16-29(24,3)27(23)32(31-25)22-12-10-20(11-13-22)19-8-6-5-7-9-19/h5-13,17-18,24H,4,14-16H2,1-3H3/t18-,24-,29-/m1/s1. The minimum atomic E-state index is -0.347. The number of carbonyl (C=O) groups is 1. The maximum absolute atomic E-state index is 13.0. The van der Waals surface area contributed by atoms with Crippen molar-refractivity contribution in [1.82, 2.24) is 14.9 Å². The molecule has 2 aromatic heterocycles. The molecule has 0 saturated heterocycles. The van der Waals surface area contributed by atoms with Gasteiger partial charge in [-0.15, -0.1) is 0 Å². The minimum absolute atomic E-state index is 0.207. The summed E-state index contributed by atoms with van der Waals surface area (Å²) in [6, 6.07) is 18.7. The highest BCUT2D eigenvalue weighted by Gasteiger charge is 2.52. The molecule has 3 atom stereocenters. The molecular weight excluding hydrogens is 438 g/mol. The summed E-state index contributed by atoms with van der Waals surface area (Å²) in [5.74, 6) is 1.26. The first-order valence-corrected chi connectivity index (χ1v) is 12.4. The fourth-order valence-corrected chi connectivity index (χ4v) is 6.42. The van der Waals surface area contributed by atoms with Gasteiger partial charge in [0.25, 0.3) is 0 Å². The molecule has 0 saturated carbocycles. The summed E-state index contributed by atoms with van der Waals surface area (Å²) >= 11 is 0. The fourth-order valence-electron chi connectivity index (χ4n) is 6.42. The molecule has 6 rings (SSSR count). The first-order valence-electron chi connectivity index (χ1n) is 12.4. The van der Waals surface area contributed by atoms with Gasteiger partial charge in [-0.1, -0.05) is 61.5 Å². The molecule has 2 heterocycles. The van der Waals surface area contributed by atoms with Gasteiger partial charge in [0, 0.05) is 22.5 Å². The Hall–Kier alpha value is -3.67. The first-order chi connectivity index (χ1) is 17.0. The monoisotopic (exact) mass is 467 g/mol. The molecule has 4 aromatic rings. The Kier molecular flexibility index (Phi) is 5.13. The Balaban J connectivity index is 1.51. The number of hydrogen-bond acceptors (Lipinski definition) is 5. The number of esters is 1. The highest BCUT2D eigenvalue weighted by Crippen LogP contribution is 2.54. The van der Waals surface area contributed by atoms with Gasteiger partial charge < -0.3 is 9.26 Å². The van der Waals surface area contributed by atoms with Gasteiger partial charge in [0.1, 0.15) is 5.76 Å². The SMILES string of the molecule is CCOC(=O)c1nn(-c2ccc(-c3ccccc3)cc2)c2c1CC[C@@H]1[C@@H](C)c3oncc3C[C@@]21C. The van der Waals surface area contributed by atoms with E-state index in [1.54, 1.807) is 0 Å². The zero-order chi connectivity index (χ0) is 24.2. The van der Waals surface area contributed by atoms with Crippen LogP contribution >= 0.6 is 0 Å². The van der Waals surface area contributed by atoms with E-state index < -0.39 is 0 Å². The van der Waals surface area contributed by atoms with Gasteiger partial charge in [-0.25, -0.2) is 9.48 Å². The number of nitrogens with zero attached hydrogens (tertiary/aromatic N) is 3. The zero-order valence-electron chi connectivity index (χ0n) is 20.3. The van der Waals surface area contributed by atoms with E-state index in [0.717, 1.165) is 53.1 Å². The summed E-state index contributed by atoms with van der Waals surface area (Å²) < 4.78 is 13.1. The summed E-state index contributed by atoms with van der Waals surface area (Å²) in [7, 11) is 0. The number of ether oxygens (including phenoxy) is 1. The second-order valence-corrected chi connectivity index (χ2v) is 9.96. The third-order valence-electron chi connectivity index (χ3n) is 7.99. The van der Waals surface area contributed by atoms with E-state index in [4.69, 9.17) is 14.4 Å². The predicted molar refractivity (Wildman–Crippen MR) is 133 cm³/mol. The van der Waals surface area contributed by atoms with Crippen molar-refractivity contribution in [1.29, 1.82) is 0 Å². The van der Waals surface area contributed by atoms with Crippen LogP contribution in [0.5, 0.6) is 0 Å². The van der Waals surface area contributed by atoms with Crippen LogP contribution in [0, 0.1) is 5.92 Å². The molecule has 0 unspecified atom stereocenters. The lowest BCUT2D eigenvalue weighted by Crippen LogP contribution is -2.45. The number of benzene rings is 2. The molecule has 2 aromatic carbocycles. The fraction of sp³-hybridized carbons (Fsp3) is 0.345. The van der Waals surface area contributed by atoms with Crippen LogP contribution in [0.15, 0.2) is 65.3 Å². The van der Waals surface area contributed by atoms with Gasteiger partial charge in [-0.3, -0.25) is 0 Å². The van der Waals surface area contributed by atoms with Crippen LogP contribution in [-0.2, 0) is 23.0 Å². The average molecular weight is 468 g/mol. The van der Waals surface area contributed by atoms with Crippen LogP contribution in [-0.4, -0.2) is 27.5 Å². The molecule has 0 radical (unpaired) electrons. The van der Waals surface area contributed by atoms with Crippen LogP contribution in [0.4, 0.5) is 0 Å². The maximum atomic E-state index is 13.0. The quantitative estimate of drug-likeness (QED) is 0.350. The lowest BCUT2D eigenvalue weighted by molar-refractivity contribution is 0.0517. The van der Waals surface area contributed by atoms with Crippen molar-refractivity contribution in [3.63, 3.8) is 0 Å². The van der Waals surface area contributed by atoms with Gasteiger partial charge in [-0.05, 0) is 55.4 Å². The van der Waals surface area contributed by atoms with Gasteiger partial charge in [0.15, 0.2) is 5.69 Å². The number of rotatable bonds is 4. The van der Waals surface area contributed by atoms with E-state index in [-0.39, 0.29) is 17.3 Å². The molecule has 35 heavy (non-hydrogen) atoms. The molecule has 178 valence electrons. The summed E-state index contributed by atoms with van der Waals surface area (Å²) in [6.45, 7) is 6.71. The summed E-state index contributed by atoms with van der Waals surface area (Å²) in [4.78, 5) is 13.0. The normalized spacial score (nSPS) is 22.7. The highest BCUT2D eigenvalue weighted by molar-refractivity contribution is 5.89. The third-order valence-corrected chi connectivity index (χ3v) is 7.99. The van der Waals surface area contributed by atoms with Gasteiger partial charge in [-0.2, -0.15) is 5.10 Å². The number of aromatic nitrogens is 3. The molecule has 6 nitrogen and oxygen atoms in total. The maximum Gasteiger partial charge on any atom is 0.359 e. The first kappa shape index (κ1) is 21.8. The zero-order valence-corrected chi connectivity index (χ0v) is 20.3. The van der Waals surface area contributed by atoms with Crippen LogP contribution in [0.3, 0.4) is 0 Å².